The maximum Gasteiger partial charge on any atom is 0.0909 e. The zero-order chi connectivity index (χ0) is 9.26. The molecule has 2 heterocycles. The van der Waals surface area contributed by atoms with Crippen molar-refractivity contribution in [2.75, 3.05) is 0 Å². The van der Waals surface area contributed by atoms with Gasteiger partial charge in [-0.15, -0.1) is 11.3 Å². The highest BCUT2D eigenvalue weighted by Gasteiger charge is 2.06. The van der Waals surface area contributed by atoms with Gasteiger partial charge in [-0.2, -0.15) is 0 Å². The molecule has 0 amide bonds. The van der Waals surface area contributed by atoms with Crippen molar-refractivity contribution in [3.05, 3.63) is 28.0 Å². The molecule has 0 fully saturated rings. The van der Waals surface area contributed by atoms with Crippen LogP contribution in [0.25, 0.3) is 6.08 Å². The zero-order valence-corrected chi connectivity index (χ0v) is 8.56. The largest absolute Gasteiger partial charge is 0.205 e. The second-order valence-electron chi connectivity index (χ2n) is 3.35. The summed E-state index contributed by atoms with van der Waals surface area (Å²) in [5.74, 6) is 3.50. The summed E-state index contributed by atoms with van der Waals surface area (Å²) < 4.78 is 0. The van der Waals surface area contributed by atoms with Crippen LogP contribution in [0.15, 0.2) is 28.1 Å². The van der Waals surface area contributed by atoms with Crippen molar-refractivity contribution in [2.24, 2.45) is 10.9 Å². The smallest absolute Gasteiger partial charge is 0.0909 e. The van der Waals surface area contributed by atoms with E-state index in [4.69, 9.17) is 0 Å². The van der Waals surface area contributed by atoms with Crippen LogP contribution in [0.2, 0.25) is 0 Å². The molecule has 1 aliphatic rings. The molecule has 0 N–H and O–H groups in total. The van der Waals surface area contributed by atoms with Crippen molar-refractivity contribution in [2.45, 2.75) is 13.8 Å². The molecule has 0 bridgehead atoms. The molecule has 1 aromatic heterocycles. The van der Waals surface area contributed by atoms with E-state index in [1.54, 1.807) is 11.3 Å². The molecule has 0 saturated heterocycles. The van der Waals surface area contributed by atoms with E-state index in [0.29, 0.717) is 5.92 Å². The Morgan fingerprint density at radius 1 is 1.46 bits per heavy atom. The molecular weight excluding hydrogens is 178 g/mol. The van der Waals surface area contributed by atoms with Gasteiger partial charge in [0.25, 0.3) is 0 Å². The van der Waals surface area contributed by atoms with E-state index in [2.05, 4.69) is 36.2 Å². The van der Waals surface area contributed by atoms with Crippen molar-refractivity contribution in [1.82, 2.24) is 0 Å². The predicted molar refractivity (Wildman–Crippen MR) is 58.8 cm³/mol. The van der Waals surface area contributed by atoms with Gasteiger partial charge in [0.2, 0.25) is 0 Å². The van der Waals surface area contributed by atoms with Crippen LogP contribution in [-0.4, -0.2) is 5.87 Å². The Morgan fingerprint density at radius 2 is 2.31 bits per heavy atom. The van der Waals surface area contributed by atoms with Crippen LogP contribution in [0.1, 0.15) is 18.7 Å². The van der Waals surface area contributed by atoms with Crippen LogP contribution in [0.3, 0.4) is 0 Å². The Labute approximate surface area is 82.1 Å². The molecule has 0 spiro atoms. The lowest BCUT2D eigenvalue weighted by Gasteiger charge is -2.02. The second kappa shape index (κ2) is 3.33. The van der Waals surface area contributed by atoms with Crippen LogP contribution < -0.4 is 0 Å². The van der Waals surface area contributed by atoms with Gasteiger partial charge < -0.3 is 0 Å². The maximum atomic E-state index is 4.23. The Balaban J connectivity index is 2.52. The van der Waals surface area contributed by atoms with Crippen LogP contribution in [0, 0.1) is 5.92 Å². The van der Waals surface area contributed by atoms with E-state index in [1.807, 2.05) is 12.1 Å². The number of nitrogens with zero attached hydrogens (tertiary/aromatic N) is 1. The fraction of sp³-hybridized carbons (Fsp3) is 0.273. The van der Waals surface area contributed by atoms with Gasteiger partial charge in [0.1, 0.15) is 0 Å². The van der Waals surface area contributed by atoms with Gasteiger partial charge in [-0.25, -0.2) is 4.99 Å². The van der Waals surface area contributed by atoms with Crippen LogP contribution in [0.4, 0.5) is 5.69 Å². The lowest BCUT2D eigenvalue weighted by Crippen LogP contribution is -1.88. The first-order valence-corrected chi connectivity index (χ1v) is 5.24. The van der Waals surface area contributed by atoms with Crippen molar-refractivity contribution in [3.8, 4) is 0 Å². The molecule has 66 valence electrons. The molecule has 2 rings (SSSR count). The summed E-state index contributed by atoms with van der Waals surface area (Å²) in [5.41, 5.74) is 2.34. The summed E-state index contributed by atoms with van der Waals surface area (Å²) in [4.78, 5) is 5.47. The van der Waals surface area contributed by atoms with Crippen molar-refractivity contribution >= 4 is 29.0 Å². The standard InChI is InChI=1S/C11H11NS/c1-8(2)9-3-5-12-10-4-6-13-11(10)7-9/h3-4,6-8H,1-2H3. The molecule has 0 unspecified atom stereocenters. The minimum Gasteiger partial charge on any atom is -0.205 e. The van der Waals surface area contributed by atoms with E-state index < -0.39 is 0 Å². The van der Waals surface area contributed by atoms with Gasteiger partial charge in [0.15, 0.2) is 0 Å². The first-order chi connectivity index (χ1) is 6.27. The molecule has 0 aliphatic carbocycles. The predicted octanol–water partition coefficient (Wildman–Crippen LogP) is 3.66. The zero-order valence-electron chi connectivity index (χ0n) is 7.74. The molecule has 0 radical (unpaired) electrons. The van der Waals surface area contributed by atoms with Crippen molar-refractivity contribution < 1.29 is 0 Å². The fourth-order valence-corrected chi connectivity index (χ4v) is 2.00. The molecule has 0 saturated carbocycles. The Bertz CT molecular complexity index is 403. The minimum atomic E-state index is 0.538. The number of fused-ring (bicyclic) bond motifs is 1. The van der Waals surface area contributed by atoms with Gasteiger partial charge in [0.05, 0.1) is 10.6 Å². The monoisotopic (exact) mass is 189 g/mol. The molecule has 0 atom stereocenters. The third-order valence-corrected chi connectivity index (χ3v) is 2.91. The number of hydrogen-bond acceptors (Lipinski definition) is 2. The Morgan fingerprint density at radius 3 is 3.08 bits per heavy atom. The number of allylic oxidation sites excluding steroid dienone is 2. The Kier molecular flexibility index (Phi) is 2.17. The number of thiophene rings is 1. The quantitative estimate of drug-likeness (QED) is 0.639. The molecule has 0 aromatic carbocycles. The number of aliphatic imine (C=N–C) groups is 1. The maximum absolute atomic E-state index is 4.23. The first kappa shape index (κ1) is 8.49. The normalized spacial score (nSPS) is 14.2. The summed E-state index contributed by atoms with van der Waals surface area (Å²) in [7, 11) is 0. The van der Waals surface area contributed by atoms with Crippen molar-refractivity contribution in [1.29, 1.82) is 0 Å². The first-order valence-electron chi connectivity index (χ1n) is 4.36. The van der Waals surface area contributed by atoms with E-state index in [0.717, 1.165) is 5.69 Å². The molecule has 13 heavy (non-hydrogen) atoms. The van der Waals surface area contributed by atoms with Crippen LogP contribution in [-0.2, 0) is 0 Å². The van der Waals surface area contributed by atoms with E-state index in [1.165, 1.54) is 10.5 Å². The summed E-state index contributed by atoms with van der Waals surface area (Å²) in [6, 6.07) is 2.03. The highest BCUT2D eigenvalue weighted by molar-refractivity contribution is 7.11. The summed E-state index contributed by atoms with van der Waals surface area (Å²) in [6.07, 6.45) is 4.17. The topological polar surface area (TPSA) is 12.4 Å². The van der Waals surface area contributed by atoms with Crippen LogP contribution in [0.5, 0.6) is 0 Å². The van der Waals surface area contributed by atoms with Gasteiger partial charge in [0, 0.05) is 6.08 Å². The van der Waals surface area contributed by atoms with E-state index in [9.17, 15) is 0 Å². The molecule has 1 nitrogen and oxygen atoms in total. The summed E-state index contributed by atoms with van der Waals surface area (Å²) in [6.45, 7) is 4.37. The SMILES string of the molecule is CC(C)C1=Cc2sccc2N=C=C1. The summed E-state index contributed by atoms with van der Waals surface area (Å²) in [5, 5.41) is 2.07. The van der Waals surface area contributed by atoms with Gasteiger partial charge in [-0.3, -0.25) is 0 Å². The van der Waals surface area contributed by atoms with Gasteiger partial charge in [-0.1, -0.05) is 13.8 Å². The molecule has 2 heteroatoms. The van der Waals surface area contributed by atoms with Crippen molar-refractivity contribution in [3.63, 3.8) is 0 Å². The fourth-order valence-electron chi connectivity index (χ4n) is 1.22. The highest BCUT2D eigenvalue weighted by Crippen LogP contribution is 2.30. The highest BCUT2D eigenvalue weighted by atomic mass is 32.1. The lowest BCUT2D eigenvalue weighted by atomic mass is 10.0. The lowest BCUT2D eigenvalue weighted by molar-refractivity contribution is 0.799. The summed E-state index contributed by atoms with van der Waals surface area (Å²) >= 11 is 1.73. The van der Waals surface area contributed by atoms with E-state index >= 15 is 0 Å². The van der Waals surface area contributed by atoms with Crippen LogP contribution >= 0.6 is 11.3 Å². The third kappa shape index (κ3) is 1.64. The van der Waals surface area contributed by atoms with Gasteiger partial charge in [-0.05, 0) is 34.9 Å². The van der Waals surface area contributed by atoms with E-state index in [-0.39, 0.29) is 0 Å². The average molecular weight is 189 g/mol. The Hall–Kier alpha value is -1.11. The average Bonchev–Trinajstić information content (AvgIpc) is 2.42. The molecular formula is C11H11NS. The number of rotatable bonds is 1. The molecule has 1 aromatic rings. The van der Waals surface area contributed by atoms with Gasteiger partial charge >= 0.3 is 0 Å². The number of hydrogen-bond donors (Lipinski definition) is 0. The minimum absolute atomic E-state index is 0.538. The third-order valence-electron chi connectivity index (χ3n) is 2.05. The second-order valence-corrected chi connectivity index (χ2v) is 4.30. The molecule has 1 aliphatic heterocycles.